The molecular formula is C27H44N2O5S. The van der Waals surface area contributed by atoms with Crippen LogP contribution in [-0.4, -0.2) is 36.4 Å². The minimum absolute atomic E-state index is 0.106. The SMILES string of the molecule is C[C@H](CCC(=O)NC(CC(N)=O)=S(=O)=O)[C@H]1CC[C@H]2[C@@H]3CC[C@@H]4C[C@H](O)CC[C@]4(C)[C@H]3CC[C@]12C. The molecule has 8 heteroatoms. The van der Waals surface area contributed by atoms with E-state index in [1.54, 1.807) is 0 Å². The van der Waals surface area contributed by atoms with Crippen LogP contribution in [0.1, 0.15) is 97.8 Å². The molecule has 0 saturated heterocycles. The van der Waals surface area contributed by atoms with Crippen LogP contribution in [0, 0.1) is 46.3 Å². The lowest BCUT2D eigenvalue weighted by atomic mass is 9.44. The van der Waals surface area contributed by atoms with Crippen molar-refractivity contribution >= 4 is 27.1 Å². The highest BCUT2D eigenvalue weighted by Crippen LogP contribution is 2.68. The van der Waals surface area contributed by atoms with Crippen LogP contribution in [0.25, 0.3) is 0 Å². The van der Waals surface area contributed by atoms with E-state index >= 15 is 0 Å². The summed E-state index contributed by atoms with van der Waals surface area (Å²) < 4.78 is 22.6. The molecule has 0 heterocycles. The highest BCUT2D eigenvalue weighted by atomic mass is 32.2. The van der Waals surface area contributed by atoms with E-state index in [-0.39, 0.29) is 23.4 Å². The van der Waals surface area contributed by atoms with Gasteiger partial charge in [0.1, 0.15) is 4.99 Å². The predicted molar refractivity (Wildman–Crippen MR) is 136 cm³/mol. The van der Waals surface area contributed by atoms with E-state index in [1.807, 2.05) is 0 Å². The third-order valence-corrected chi connectivity index (χ3v) is 11.7. The van der Waals surface area contributed by atoms with Gasteiger partial charge in [0.15, 0.2) is 0 Å². The number of primary amides is 1. The topological polar surface area (TPSA) is 127 Å². The Morgan fingerprint density at radius 2 is 1.71 bits per heavy atom. The third kappa shape index (κ3) is 5.07. The first-order chi connectivity index (χ1) is 16.5. The molecule has 0 aliphatic heterocycles. The van der Waals surface area contributed by atoms with Gasteiger partial charge in [-0.15, -0.1) is 0 Å². The van der Waals surface area contributed by atoms with Gasteiger partial charge in [0, 0.05) is 6.42 Å². The third-order valence-electron chi connectivity index (χ3n) is 11.0. The Kier molecular flexibility index (Phi) is 7.73. The van der Waals surface area contributed by atoms with Crippen molar-refractivity contribution in [3.8, 4) is 0 Å². The maximum Gasteiger partial charge on any atom is 0.234 e. The Bertz CT molecular complexity index is 972. The molecule has 0 spiro atoms. The summed E-state index contributed by atoms with van der Waals surface area (Å²) >= 11 is 0. The molecule has 4 aliphatic carbocycles. The van der Waals surface area contributed by atoms with Crippen LogP contribution in [0.5, 0.6) is 0 Å². The van der Waals surface area contributed by atoms with Crippen LogP contribution in [0.15, 0.2) is 0 Å². The second kappa shape index (κ2) is 10.2. The summed E-state index contributed by atoms with van der Waals surface area (Å²) in [5.74, 6) is 2.76. The fourth-order valence-electron chi connectivity index (χ4n) is 9.29. The van der Waals surface area contributed by atoms with Gasteiger partial charge in [0.2, 0.25) is 22.1 Å². The first-order valence-electron chi connectivity index (χ1n) is 13.7. The minimum atomic E-state index is -2.67. The number of hydrogen-bond donors (Lipinski definition) is 3. The first-order valence-corrected chi connectivity index (χ1v) is 14.7. The second-order valence-electron chi connectivity index (χ2n) is 12.7. The Morgan fingerprint density at radius 3 is 2.40 bits per heavy atom. The molecule has 0 unspecified atom stereocenters. The fraction of sp³-hybridized carbons (Fsp3) is 0.889. The largest absolute Gasteiger partial charge is 0.393 e. The summed E-state index contributed by atoms with van der Waals surface area (Å²) in [7, 11) is -2.67. The number of nitrogens with two attached hydrogens (primary N) is 1. The van der Waals surface area contributed by atoms with Crippen molar-refractivity contribution in [3.05, 3.63) is 0 Å². The van der Waals surface area contributed by atoms with E-state index < -0.39 is 22.6 Å². The molecular weight excluding hydrogens is 464 g/mol. The fourth-order valence-corrected chi connectivity index (χ4v) is 9.75. The summed E-state index contributed by atoms with van der Waals surface area (Å²) in [6.07, 6.45) is 11.0. The van der Waals surface area contributed by atoms with Gasteiger partial charge in [-0.25, -0.2) is 0 Å². The van der Waals surface area contributed by atoms with Crippen molar-refractivity contribution in [1.82, 2.24) is 5.32 Å². The summed E-state index contributed by atoms with van der Waals surface area (Å²) in [4.78, 5) is 23.2. The van der Waals surface area contributed by atoms with Crippen molar-refractivity contribution in [1.29, 1.82) is 0 Å². The molecule has 4 aliphatic rings. The summed E-state index contributed by atoms with van der Waals surface area (Å²) in [5, 5.41) is 12.6. The molecule has 0 aromatic heterocycles. The van der Waals surface area contributed by atoms with Crippen LogP contribution < -0.4 is 11.1 Å². The van der Waals surface area contributed by atoms with Gasteiger partial charge in [-0.05, 0) is 111 Å². The molecule has 0 aromatic rings. The van der Waals surface area contributed by atoms with Gasteiger partial charge < -0.3 is 16.2 Å². The highest BCUT2D eigenvalue weighted by molar-refractivity contribution is 7.73. The number of hydrogen-bond acceptors (Lipinski definition) is 5. The van der Waals surface area contributed by atoms with E-state index in [0.29, 0.717) is 35.0 Å². The normalized spacial score (nSPS) is 41.1. The zero-order chi connectivity index (χ0) is 25.5. The van der Waals surface area contributed by atoms with E-state index in [2.05, 4.69) is 26.1 Å². The lowest BCUT2D eigenvalue weighted by Gasteiger charge is -2.61. The molecule has 4 N–H and O–H groups in total. The Labute approximate surface area is 211 Å². The van der Waals surface area contributed by atoms with Gasteiger partial charge in [0.25, 0.3) is 0 Å². The molecule has 9 atom stereocenters. The lowest BCUT2D eigenvalue weighted by molar-refractivity contribution is -0.129. The second-order valence-corrected chi connectivity index (χ2v) is 13.6. The zero-order valence-electron chi connectivity index (χ0n) is 21.6. The van der Waals surface area contributed by atoms with Crippen LogP contribution in [-0.2, 0) is 19.9 Å². The highest BCUT2D eigenvalue weighted by Gasteiger charge is 2.60. The number of nitrogens with one attached hydrogen (secondary N) is 1. The summed E-state index contributed by atoms with van der Waals surface area (Å²) in [5.41, 5.74) is 5.77. The number of amides is 2. The van der Waals surface area contributed by atoms with E-state index in [9.17, 15) is 23.1 Å². The number of aliphatic hydroxyl groups is 1. The first kappa shape index (κ1) is 26.6. The van der Waals surface area contributed by atoms with Gasteiger partial charge in [0.05, 0.1) is 12.5 Å². The molecule has 7 nitrogen and oxygen atoms in total. The number of carbonyl (C=O) groups is 2. The van der Waals surface area contributed by atoms with Gasteiger partial charge >= 0.3 is 0 Å². The standard InChI is InChI=1S/C27H44N2O5S/c1-16(4-9-24(32)29-25(35(33)34)15-23(28)31)20-7-8-21-19-6-5-17-14-18(30)10-12-26(17,2)22(19)11-13-27(20,21)3/h16-22,30H,4-15H2,1-3H3,(H2,28,31)(H,29,32)/t16-,17-,18-,19+,20-,21+,22+,26+,27-/m1/s1. The Morgan fingerprint density at radius 1 is 1.03 bits per heavy atom. The molecule has 2 amide bonds. The Hall–Kier alpha value is -1.41. The smallest absolute Gasteiger partial charge is 0.234 e. The number of fused-ring (bicyclic) bond motifs is 5. The maximum atomic E-state index is 12.4. The summed E-state index contributed by atoms with van der Waals surface area (Å²) in [6, 6.07) is 0. The van der Waals surface area contributed by atoms with Crippen molar-refractivity contribution in [2.75, 3.05) is 0 Å². The van der Waals surface area contributed by atoms with Crippen LogP contribution >= 0.6 is 0 Å². The van der Waals surface area contributed by atoms with Gasteiger partial charge in [-0.1, -0.05) is 20.8 Å². The van der Waals surface area contributed by atoms with Gasteiger partial charge in [-0.2, -0.15) is 8.42 Å². The molecule has 35 heavy (non-hydrogen) atoms. The molecule has 4 rings (SSSR count). The van der Waals surface area contributed by atoms with E-state index in [1.165, 1.54) is 44.9 Å². The van der Waals surface area contributed by atoms with Crippen molar-refractivity contribution in [3.63, 3.8) is 0 Å². The average molecular weight is 509 g/mol. The average Bonchev–Trinajstić information content (AvgIpc) is 3.14. The van der Waals surface area contributed by atoms with Crippen molar-refractivity contribution in [2.45, 2.75) is 104 Å². The van der Waals surface area contributed by atoms with Gasteiger partial charge in [-0.3, -0.25) is 9.59 Å². The van der Waals surface area contributed by atoms with Crippen LogP contribution in [0.3, 0.4) is 0 Å². The molecule has 198 valence electrons. The maximum absolute atomic E-state index is 12.4. The van der Waals surface area contributed by atoms with Crippen molar-refractivity contribution in [2.24, 2.45) is 52.1 Å². The number of carbonyl (C=O) groups excluding carboxylic acids is 2. The minimum Gasteiger partial charge on any atom is -0.393 e. The Balaban J connectivity index is 1.38. The van der Waals surface area contributed by atoms with Crippen molar-refractivity contribution < 1.29 is 23.1 Å². The van der Waals surface area contributed by atoms with Crippen LogP contribution in [0.2, 0.25) is 0 Å². The number of rotatable bonds is 6. The zero-order valence-corrected chi connectivity index (χ0v) is 22.4. The molecule has 4 saturated carbocycles. The predicted octanol–water partition coefficient (Wildman–Crippen LogP) is 3.42. The number of aliphatic hydroxyl groups excluding tert-OH is 1. The summed E-state index contributed by atoms with van der Waals surface area (Å²) in [6.45, 7) is 7.27. The molecule has 4 fully saturated rings. The lowest BCUT2D eigenvalue weighted by Crippen LogP contribution is -2.54. The van der Waals surface area contributed by atoms with E-state index in [4.69, 9.17) is 5.73 Å². The molecule has 0 bridgehead atoms. The monoisotopic (exact) mass is 508 g/mol. The van der Waals surface area contributed by atoms with E-state index in [0.717, 1.165) is 30.6 Å². The molecule has 0 aromatic carbocycles. The quantitative estimate of drug-likeness (QED) is 0.474. The van der Waals surface area contributed by atoms with Crippen LogP contribution in [0.4, 0.5) is 0 Å². The molecule has 0 radical (unpaired) electrons.